The SMILES string of the molecule is O=C(O)C1CCN(C(=O)c2cc3ccccc3cc2OC(F)F)C1. The lowest BCUT2D eigenvalue weighted by Crippen LogP contribution is -2.30. The minimum Gasteiger partial charge on any atom is -0.481 e. The number of amides is 1. The van der Waals surface area contributed by atoms with Crippen molar-refractivity contribution in [3.8, 4) is 5.75 Å². The Morgan fingerprint density at radius 2 is 1.88 bits per heavy atom. The molecule has 1 heterocycles. The van der Waals surface area contributed by atoms with Crippen LogP contribution < -0.4 is 4.74 Å². The molecule has 1 N–H and O–H groups in total. The number of carbonyl (C=O) groups is 2. The molecule has 1 saturated heterocycles. The molecule has 0 aliphatic carbocycles. The van der Waals surface area contributed by atoms with Gasteiger partial charge in [0.25, 0.3) is 5.91 Å². The zero-order valence-corrected chi connectivity index (χ0v) is 12.6. The number of fused-ring (bicyclic) bond motifs is 1. The van der Waals surface area contributed by atoms with Crippen molar-refractivity contribution in [3.05, 3.63) is 42.0 Å². The maximum Gasteiger partial charge on any atom is 0.387 e. The quantitative estimate of drug-likeness (QED) is 0.933. The minimum atomic E-state index is -3.05. The summed E-state index contributed by atoms with van der Waals surface area (Å²) in [4.78, 5) is 25.1. The summed E-state index contributed by atoms with van der Waals surface area (Å²) in [7, 11) is 0. The fraction of sp³-hybridized carbons (Fsp3) is 0.294. The number of carbonyl (C=O) groups excluding carboxylic acids is 1. The van der Waals surface area contributed by atoms with Crippen LogP contribution in [0.2, 0.25) is 0 Å². The highest BCUT2D eigenvalue weighted by atomic mass is 19.3. The van der Waals surface area contributed by atoms with Gasteiger partial charge in [-0.1, -0.05) is 24.3 Å². The van der Waals surface area contributed by atoms with Crippen LogP contribution in [0.4, 0.5) is 8.78 Å². The molecular weight excluding hydrogens is 320 g/mol. The number of aliphatic carboxylic acids is 1. The molecule has 0 radical (unpaired) electrons. The van der Waals surface area contributed by atoms with Crippen molar-refractivity contribution in [1.82, 2.24) is 4.90 Å². The number of nitrogens with zero attached hydrogens (tertiary/aromatic N) is 1. The number of hydrogen-bond acceptors (Lipinski definition) is 3. The number of alkyl halides is 2. The van der Waals surface area contributed by atoms with E-state index in [0.29, 0.717) is 11.8 Å². The lowest BCUT2D eigenvalue weighted by molar-refractivity contribution is -0.141. The number of carboxylic acids is 1. The van der Waals surface area contributed by atoms with E-state index in [1.165, 1.54) is 17.0 Å². The second-order valence-corrected chi connectivity index (χ2v) is 5.65. The molecule has 126 valence electrons. The summed E-state index contributed by atoms with van der Waals surface area (Å²) in [6.07, 6.45) is 0.347. The molecule has 0 bridgehead atoms. The third kappa shape index (κ3) is 3.15. The van der Waals surface area contributed by atoms with Crippen molar-refractivity contribution in [2.45, 2.75) is 13.0 Å². The third-order valence-electron chi connectivity index (χ3n) is 4.12. The van der Waals surface area contributed by atoms with E-state index in [4.69, 9.17) is 5.11 Å². The van der Waals surface area contributed by atoms with E-state index in [1.54, 1.807) is 24.3 Å². The first-order valence-corrected chi connectivity index (χ1v) is 7.45. The zero-order valence-electron chi connectivity index (χ0n) is 12.6. The Bertz CT molecular complexity index is 793. The molecule has 5 nitrogen and oxygen atoms in total. The fourth-order valence-corrected chi connectivity index (χ4v) is 2.90. The average molecular weight is 335 g/mol. The van der Waals surface area contributed by atoms with Crippen LogP contribution >= 0.6 is 0 Å². The Balaban J connectivity index is 1.97. The number of hydrogen-bond donors (Lipinski definition) is 1. The Hall–Kier alpha value is -2.70. The molecule has 1 aliphatic rings. The largest absolute Gasteiger partial charge is 0.481 e. The molecule has 2 aromatic carbocycles. The van der Waals surface area contributed by atoms with E-state index in [0.717, 1.165) is 5.39 Å². The van der Waals surface area contributed by atoms with E-state index in [2.05, 4.69) is 4.74 Å². The Morgan fingerprint density at radius 1 is 1.21 bits per heavy atom. The summed E-state index contributed by atoms with van der Waals surface area (Å²) in [6.45, 7) is -2.71. The van der Waals surface area contributed by atoms with Crippen LogP contribution in [-0.2, 0) is 4.79 Å². The lowest BCUT2D eigenvalue weighted by Gasteiger charge is -2.19. The van der Waals surface area contributed by atoms with Crippen LogP contribution in [0.15, 0.2) is 36.4 Å². The molecule has 0 saturated carbocycles. The van der Waals surface area contributed by atoms with Gasteiger partial charge >= 0.3 is 12.6 Å². The Kier molecular flexibility index (Phi) is 4.33. The summed E-state index contributed by atoms with van der Waals surface area (Å²) in [5.74, 6) is -2.30. The molecule has 1 atom stereocenters. The standard InChI is InChI=1S/C17H15F2NO4/c18-17(19)24-14-8-11-4-2-1-3-10(11)7-13(14)15(21)20-6-5-12(9-20)16(22)23/h1-4,7-8,12,17H,5-6,9H2,(H,22,23). The van der Waals surface area contributed by atoms with Crippen molar-refractivity contribution < 1.29 is 28.2 Å². The maximum absolute atomic E-state index is 12.7. The van der Waals surface area contributed by atoms with Gasteiger partial charge in [-0.05, 0) is 29.3 Å². The number of ether oxygens (including phenoxy) is 1. The molecule has 3 rings (SSSR count). The number of halogens is 2. The first-order chi connectivity index (χ1) is 11.5. The monoisotopic (exact) mass is 335 g/mol. The van der Waals surface area contributed by atoms with Crippen LogP contribution in [0.1, 0.15) is 16.8 Å². The molecule has 1 fully saturated rings. The van der Waals surface area contributed by atoms with E-state index in [1.807, 2.05) is 0 Å². The lowest BCUT2D eigenvalue weighted by atomic mass is 10.0. The van der Waals surface area contributed by atoms with Gasteiger partial charge in [0.1, 0.15) is 5.75 Å². The van der Waals surface area contributed by atoms with Crippen LogP contribution in [0, 0.1) is 5.92 Å². The number of likely N-dealkylation sites (tertiary alicyclic amines) is 1. The van der Waals surface area contributed by atoms with Gasteiger partial charge in [0.2, 0.25) is 0 Å². The third-order valence-corrected chi connectivity index (χ3v) is 4.12. The topological polar surface area (TPSA) is 66.8 Å². The summed E-state index contributed by atoms with van der Waals surface area (Å²) in [5, 5.41) is 10.4. The first-order valence-electron chi connectivity index (χ1n) is 7.45. The summed E-state index contributed by atoms with van der Waals surface area (Å²) >= 11 is 0. The smallest absolute Gasteiger partial charge is 0.387 e. The van der Waals surface area contributed by atoms with Gasteiger partial charge in [-0.15, -0.1) is 0 Å². The predicted octanol–water partition coefficient (Wildman–Crippen LogP) is 2.99. The molecule has 1 aliphatic heterocycles. The van der Waals surface area contributed by atoms with Crippen molar-refractivity contribution in [2.75, 3.05) is 13.1 Å². The molecule has 0 spiro atoms. The molecule has 0 aromatic heterocycles. The van der Waals surface area contributed by atoms with E-state index in [-0.39, 0.29) is 24.4 Å². The van der Waals surface area contributed by atoms with Gasteiger partial charge in [-0.25, -0.2) is 0 Å². The highest BCUT2D eigenvalue weighted by Gasteiger charge is 2.32. The molecule has 7 heteroatoms. The van der Waals surface area contributed by atoms with Gasteiger partial charge in [0.05, 0.1) is 11.5 Å². The van der Waals surface area contributed by atoms with Gasteiger partial charge < -0.3 is 14.7 Å². The summed E-state index contributed by atoms with van der Waals surface area (Å²) in [6, 6.07) is 9.94. The average Bonchev–Trinajstić information content (AvgIpc) is 3.03. The van der Waals surface area contributed by atoms with E-state index >= 15 is 0 Å². The number of benzene rings is 2. The van der Waals surface area contributed by atoms with Gasteiger partial charge in [0.15, 0.2) is 0 Å². The molecule has 24 heavy (non-hydrogen) atoms. The highest BCUT2D eigenvalue weighted by Crippen LogP contribution is 2.30. The van der Waals surface area contributed by atoms with Gasteiger partial charge in [-0.3, -0.25) is 9.59 Å². The Labute approximate surface area is 136 Å². The van der Waals surface area contributed by atoms with Crippen LogP contribution in [-0.4, -0.2) is 41.6 Å². The normalized spacial score (nSPS) is 17.5. The number of carboxylic acid groups (broad SMARTS) is 1. The Morgan fingerprint density at radius 3 is 2.46 bits per heavy atom. The second kappa shape index (κ2) is 6.43. The summed E-state index contributed by atoms with van der Waals surface area (Å²) < 4.78 is 29.9. The maximum atomic E-state index is 12.7. The minimum absolute atomic E-state index is 0.0139. The summed E-state index contributed by atoms with van der Waals surface area (Å²) in [5.41, 5.74) is 0.0139. The molecule has 1 amide bonds. The number of rotatable bonds is 4. The molecule has 2 aromatic rings. The van der Waals surface area contributed by atoms with Gasteiger partial charge in [0, 0.05) is 13.1 Å². The zero-order chi connectivity index (χ0) is 17.3. The molecular formula is C17H15F2NO4. The van der Waals surface area contributed by atoms with Gasteiger partial charge in [-0.2, -0.15) is 8.78 Å². The van der Waals surface area contributed by atoms with Crippen molar-refractivity contribution in [1.29, 1.82) is 0 Å². The van der Waals surface area contributed by atoms with Crippen LogP contribution in [0.25, 0.3) is 10.8 Å². The second-order valence-electron chi connectivity index (χ2n) is 5.65. The van der Waals surface area contributed by atoms with Crippen molar-refractivity contribution >= 4 is 22.6 Å². The van der Waals surface area contributed by atoms with Crippen molar-refractivity contribution in [2.24, 2.45) is 5.92 Å². The molecule has 1 unspecified atom stereocenters. The van der Waals surface area contributed by atoms with Crippen LogP contribution in [0.5, 0.6) is 5.75 Å². The van der Waals surface area contributed by atoms with Crippen LogP contribution in [0.3, 0.4) is 0 Å². The fourth-order valence-electron chi connectivity index (χ4n) is 2.90. The predicted molar refractivity (Wildman–Crippen MR) is 82.2 cm³/mol. The highest BCUT2D eigenvalue weighted by molar-refractivity contribution is 6.02. The van der Waals surface area contributed by atoms with E-state index in [9.17, 15) is 18.4 Å². The van der Waals surface area contributed by atoms with E-state index < -0.39 is 24.4 Å². The first kappa shape index (κ1) is 16.2. The van der Waals surface area contributed by atoms with Crippen molar-refractivity contribution in [3.63, 3.8) is 0 Å².